The summed E-state index contributed by atoms with van der Waals surface area (Å²) in [5, 5.41) is 10.3. The molecule has 1 aliphatic heterocycles. The molecule has 2 atom stereocenters. The highest BCUT2D eigenvalue weighted by Gasteiger charge is 2.43. The van der Waals surface area contributed by atoms with E-state index in [-0.39, 0.29) is 5.60 Å². The molecule has 0 saturated heterocycles. The zero-order valence-corrected chi connectivity index (χ0v) is 12.2. The first-order valence-electron chi connectivity index (χ1n) is 7.12. The second-order valence-corrected chi connectivity index (χ2v) is 6.57. The van der Waals surface area contributed by atoms with Crippen LogP contribution in [0.2, 0.25) is 0 Å². The Bertz CT molecular complexity index is 557. The molecule has 1 aromatic carbocycles. The van der Waals surface area contributed by atoms with Gasteiger partial charge in [0.05, 0.1) is 0 Å². The number of ether oxygens (including phenoxy) is 1. The minimum Gasteiger partial charge on any atom is -0.507 e. The first-order valence-corrected chi connectivity index (χ1v) is 7.12. The molecule has 0 saturated carbocycles. The largest absolute Gasteiger partial charge is 0.507 e. The molecule has 2 unspecified atom stereocenters. The van der Waals surface area contributed by atoms with E-state index in [0.717, 1.165) is 29.7 Å². The van der Waals surface area contributed by atoms with E-state index in [1.807, 2.05) is 13.0 Å². The van der Waals surface area contributed by atoms with Gasteiger partial charge in [-0.15, -0.1) is 0 Å². The van der Waals surface area contributed by atoms with Crippen molar-refractivity contribution in [3.63, 3.8) is 0 Å². The van der Waals surface area contributed by atoms with Crippen molar-refractivity contribution >= 4 is 0 Å². The van der Waals surface area contributed by atoms with Gasteiger partial charge in [0.25, 0.3) is 0 Å². The van der Waals surface area contributed by atoms with Crippen molar-refractivity contribution in [2.24, 2.45) is 5.92 Å². The van der Waals surface area contributed by atoms with Crippen LogP contribution in [0.5, 0.6) is 11.5 Å². The fourth-order valence-electron chi connectivity index (χ4n) is 3.55. The summed E-state index contributed by atoms with van der Waals surface area (Å²) in [6.45, 7) is 8.63. The van der Waals surface area contributed by atoms with E-state index in [0.29, 0.717) is 17.6 Å². The van der Waals surface area contributed by atoms with Crippen molar-refractivity contribution in [2.75, 3.05) is 0 Å². The van der Waals surface area contributed by atoms with Crippen LogP contribution in [0.3, 0.4) is 0 Å². The van der Waals surface area contributed by atoms with Crippen molar-refractivity contribution in [3.8, 4) is 11.5 Å². The quantitative estimate of drug-likeness (QED) is 0.760. The molecule has 1 N–H and O–H groups in total. The summed E-state index contributed by atoms with van der Waals surface area (Å²) in [5.41, 5.74) is 3.37. The summed E-state index contributed by atoms with van der Waals surface area (Å²) >= 11 is 0. The van der Waals surface area contributed by atoms with E-state index in [4.69, 9.17) is 4.74 Å². The number of benzene rings is 1. The van der Waals surface area contributed by atoms with E-state index < -0.39 is 0 Å². The summed E-state index contributed by atoms with van der Waals surface area (Å²) in [4.78, 5) is 0. The molecule has 2 bridgehead atoms. The highest BCUT2D eigenvalue weighted by atomic mass is 16.5. The Kier molecular flexibility index (Phi) is 2.67. The lowest BCUT2D eigenvalue weighted by Crippen LogP contribution is -2.41. The minimum atomic E-state index is -0.115. The van der Waals surface area contributed by atoms with Crippen LogP contribution in [0.15, 0.2) is 23.8 Å². The zero-order valence-electron chi connectivity index (χ0n) is 12.2. The van der Waals surface area contributed by atoms with Crippen LogP contribution < -0.4 is 4.74 Å². The number of phenolic OH excluding ortho intramolecular Hbond substituents is 1. The molecular formula is C17H22O2. The second-order valence-electron chi connectivity index (χ2n) is 6.57. The van der Waals surface area contributed by atoms with Crippen LogP contribution in [-0.2, 0) is 0 Å². The Hall–Kier alpha value is -1.44. The molecule has 2 heteroatoms. The SMILES string of the molecule is Cc1cc(O)c2c(c1)OC1(C)CC=C(C(C)C)C2C1. The average molecular weight is 258 g/mol. The number of hydrogen-bond acceptors (Lipinski definition) is 2. The third-order valence-electron chi connectivity index (χ3n) is 4.44. The van der Waals surface area contributed by atoms with Crippen LogP contribution in [-0.4, -0.2) is 10.7 Å². The molecule has 0 fully saturated rings. The van der Waals surface area contributed by atoms with Gasteiger partial charge >= 0.3 is 0 Å². The molecule has 0 radical (unpaired) electrons. The topological polar surface area (TPSA) is 29.5 Å². The molecule has 1 aromatic rings. The minimum absolute atomic E-state index is 0.115. The average Bonchev–Trinajstić information content (AvgIpc) is 2.25. The molecule has 3 rings (SSSR count). The summed E-state index contributed by atoms with van der Waals surface area (Å²) < 4.78 is 6.18. The summed E-state index contributed by atoms with van der Waals surface area (Å²) in [7, 11) is 0. The normalized spacial score (nSPS) is 28.7. The lowest BCUT2D eigenvalue weighted by Gasteiger charge is -2.45. The number of hydrogen-bond donors (Lipinski definition) is 1. The number of phenols is 1. The number of allylic oxidation sites excluding steroid dienone is 1. The maximum absolute atomic E-state index is 10.3. The van der Waals surface area contributed by atoms with Crippen LogP contribution in [0.1, 0.15) is 50.7 Å². The van der Waals surface area contributed by atoms with E-state index >= 15 is 0 Å². The molecule has 0 spiro atoms. The van der Waals surface area contributed by atoms with Crippen molar-refractivity contribution < 1.29 is 9.84 Å². The van der Waals surface area contributed by atoms with Gasteiger partial charge in [-0.05, 0) is 43.9 Å². The van der Waals surface area contributed by atoms with Crippen molar-refractivity contribution in [3.05, 3.63) is 34.9 Å². The maximum atomic E-state index is 10.3. The molecular weight excluding hydrogens is 236 g/mol. The molecule has 1 heterocycles. The highest BCUT2D eigenvalue weighted by Crippen LogP contribution is 2.53. The monoisotopic (exact) mass is 258 g/mol. The fraction of sp³-hybridized carbons (Fsp3) is 0.529. The van der Waals surface area contributed by atoms with E-state index in [1.54, 1.807) is 0 Å². The van der Waals surface area contributed by atoms with Crippen molar-refractivity contribution in [1.29, 1.82) is 0 Å². The van der Waals surface area contributed by atoms with Gasteiger partial charge in [-0.3, -0.25) is 0 Å². The van der Waals surface area contributed by atoms with Crippen LogP contribution in [0.25, 0.3) is 0 Å². The smallest absolute Gasteiger partial charge is 0.127 e. The number of fused-ring (bicyclic) bond motifs is 4. The Balaban J connectivity index is 2.18. The van der Waals surface area contributed by atoms with E-state index in [2.05, 4.69) is 32.9 Å². The second kappa shape index (κ2) is 4.03. The molecule has 19 heavy (non-hydrogen) atoms. The maximum Gasteiger partial charge on any atom is 0.127 e. The van der Waals surface area contributed by atoms with Gasteiger partial charge in [-0.2, -0.15) is 0 Å². The van der Waals surface area contributed by atoms with E-state index in [9.17, 15) is 5.11 Å². The molecule has 2 nitrogen and oxygen atoms in total. The van der Waals surface area contributed by atoms with Gasteiger partial charge in [0.1, 0.15) is 17.1 Å². The first-order chi connectivity index (χ1) is 8.89. The van der Waals surface area contributed by atoms with Crippen molar-refractivity contribution in [1.82, 2.24) is 0 Å². The predicted molar refractivity (Wildman–Crippen MR) is 76.8 cm³/mol. The summed E-state index contributed by atoms with van der Waals surface area (Å²) in [6.07, 6.45) is 4.26. The van der Waals surface area contributed by atoms with E-state index in [1.165, 1.54) is 5.57 Å². The van der Waals surface area contributed by atoms with Gasteiger partial charge in [-0.1, -0.05) is 25.5 Å². The lowest BCUT2D eigenvalue weighted by molar-refractivity contribution is 0.0514. The lowest BCUT2D eigenvalue weighted by atomic mass is 9.70. The number of aromatic hydroxyl groups is 1. The van der Waals surface area contributed by atoms with Crippen LogP contribution in [0, 0.1) is 12.8 Å². The highest BCUT2D eigenvalue weighted by molar-refractivity contribution is 5.54. The van der Waals surface area contributed by atoms with Gasteiger partial charge < -0.3 is 9.84 Å². The standard InChI is InChI=1S/C17H22O2/c1-10(2)12-5-6-17(4)9-13(12)16-14(18)7-11(3)8-15(16)19-17/h5,7-8,10,13,18H,6,9H2,1-4H3. The molecule has 1 aliphatic carbocycles. The summed E-state index contributed by atoms with van der Waals surface area (Å²) in [5.74, 6) is 2.09. The Morgan fingerprint density at radius 2 is 2.11 bits per heavy atom. The Morgan fingerprint density at radius 3 is 2.79 bits per heavy atom. The number of aryl methyl sites for hydroxylation is 1. The van der Waals surface area contributed by atoms with Crippen molar-refractivity contribution in [2.45, 2.75) is 52.1 Å². The van der Waals surface area contributed by atoms with Gasteiger partial charge in [0.2, 0.25) is 0 Å². The Morgan fingerprint density at radius 1 is 1.37 bits per heavy atom. The van der Waals surface area contributed by atoms with Gasteiger partial charge in [-0.25, -0.2) is 0 Å². The molecule has 2 aliphatic rings. The van der Waals surface area contributed by atoms with Crippen LogP contribution >= 0.6 is 0 Å². The third kappa shape index (κ3) is 1.94. The summed E-state index contributed by atoms with van der Waals surface area (Å²) in [6, 6.07) is 3.90. The first kappa shape index (κ1) is 12.6. The Labute approximate surface area is 115 Å². The molecule has 0 amide bonds. The third-order valence-corrected chi connectivity index (χ3v) is 4.44. The number of rotatable bonds is 1. The molecule has 102 valence electrons. The van der Waals surface area contributed by atoms with Gasteiger partial charge in [0, 0.05) is 17.9 Å². The van der Waals surface area contributed by atoms with Gasteiger partial charge in [0.15, 0.2) is 0 Å². The fourth-order valence-corrected chi connectivity index (χ4v) is 3.55. The molecule has 0 aromatic heterocycles. The predicted octanol–water partition coefficient (Wildman–Crippen LogP) is 4.31. The van der Waals surface area contributed by atoms with Crippen LogP contribution in [0.4, 0.5) is 0 Å². The zero-order chi connectivity index (χ0) is 13.8.